The number of rotatable bonds is 3. The molecule has 15 heavy (non-hydrogen) atoms. The van der Waals surface area contributed by atoms with Crippen LogP contribution in [0.1, 0.15) is 23.6 Å². The third kappa shape index (κ3) is 2.30. The van der Waals surface area contributed by atoms with Gasteiger partial charge in [-0.1, -0.05) is 28.7 Å². The predicted octanol–water partition coefficient (Wildman–Crippen LogP) is 2.29. The fourth-order valence-electron chi connectivity index (χ4n) is 1.71. The SMILES string of the molecule is COC(=O)C1CC1c1ccc(CI)nc1. The summed E-state index contributed by atoms with van der Waals surface area (Å²) in [6.45, 7) is 0. The van der Waals surface area contributed by atoms with E-state index >= 15 is 0 Å². The number of methoxy groups -OCH3 is 1. The molecule has 80 valence electrons. The molecule has 1 saturated carbocycles. The normalized spacial score (nSPS) is 23.6. The largest absolute Gasteiger partial charge is 0.469 e. The molecule has 0 bridgehead atoms. The molecule has 2 rings (SSSR count). The van der Waals surface area contributed by atoms with Gasteiger partial charge in [0.25, 0.3) is 0 Å². The maximum atomic E-state index is 11.2. The molecule has 0 amide bonds. The van der Waals surface area contributed by atoms with E-state index in [1.54, 1.807) is 0 Å². The Hall–Kier alpha value is -0.650. The third-order valence-corrected chi connectivity index (χ3v) is 3.49. The molecular weight excluding hydrogens is 305 g/mol. The number of aromatic nitrogens is 1. The highest BCUT2D eigenvalue weighted by Gasteiger charge is 2.44. The predicted molar refractivity (Wildman–Crippen MR) is 64.8 cm³/mol. The van der Waals surface area contributed by atoms with E-state index in [1.165, 1.54) is 7.11 Å². The maximum absolute atomic E-state index is 11.2. The lowest BCUT2D eigenvalue weighted by Crippen LogP contribution is -2.04. The number of nitrogens with zero attached hydrogens (tertiary/aromatic N) is 1. The molecule has 0 N–H and O–H groups in total. The zero-order valence-corrected chi connectivity index (χ0v) is 10.6. The van der Waals surface area contributed by atoms with Gasteiger partial charge in [-0.15, -0.1) is 0 Å². The van der Waals surface area contributed by atoms with E-state index in [9.17, 15) is 4.79 Å². The summed E-state index contributed by atoms with van der Waals surface area (Å²) in [6.07, 6.45) is 2.78. The molecule has 2 unspecified atom stereocenters. The number of halogens is 1. The highest BCUT2D eigenvalue weighted by atomic mass is 127. The van der Waals surface area contributed by atoms with E-state index in [1.807, 2.05) is 12.3 Å². The molecule has 3 nitrogen and oxygen atoms in total. The second kappa shape index (κ2) is 4.47. The fraction of sp³-hybridized carbons (Fsp3) is 0.455. The second-order valence-electron chi connectivity index (χ2n) is 3.69. The van der Waals surface area contributed by atoms with Crippen LogP contribution >= 0.6 is 22.6 Å². The van der Waals surface area contributed by atoms with Crippen molar-refractivity contribution < 1.29 is 9.53 Å². The summed E-state index contributed by atoms with van der Waals surface area (Å²) < 4.78 is 5.63. The van der Waals surface area contributed by atoms with Crippen molar-refractivity contribution in [2.45, 2.75) is 16.8 Å². The third-order valence-electron chi connectivity index (χ3n) is 2.71. The lowest BCUT2D eigenvalue weighted by atomic mass is 10.1. The average Bonchev–Trinajstić information content (AvgIpc) is 3.08. The van der Waals surface area contributed by atoms with Gasteiger partial charge in [0.1, 0.15) is 0 Å². The van der Waals surface area contributed by atoms with E-state index in [4.69, 9.17) is 4.74 Å². The molecule has 0 aromatic carbocycles. The van der Waals surface area contributed by atoms with Crippen LogP contribution in [-0.4, -0.2) is 18.1 Å². The number of carbonyl (C=O) groups excluding carboxylic acids is 1. The molecule has 1 aromatic heterocycles. The Labute approximate surface area is 102 Å². The zero-order valence-electron chi connectivity index (χ0n) is 8.44. The molecule has 1 heterocycles. The minimum Gasteiger partial charge on any atom is -0.469 e. The van der Waals surface area contributed by atoms with Crippen LogP contribution in [0.5, 0.6) is 0 Å². The zero-order chi connectivity index (χ0) is 10.8. The summed E-state index contributed by atoms with van der Waals surface area (Å²) in [5, 5.41) is 0. The first-order chi connectivity index (χ1) is 7.26. The Morgan fingerprint density at radius 1 is 1.67 bits per heavy atom. The molecule has 1 aliphatic carbocycles. The van der Waals surface area contributed by atoms with Crippen molar-refractivity contribution in [2.24, 2.45) is 5.92 Å². The minimum atomic E-state index is -0.0991. The number of ether oxygens (including phenoxy) is 1. The van der Waals surface area contributed by atoms with Crippen molar-refractivity contribution in [1.29, 1.82) is 0 Å². The van der Waals surface area contributed by atoms with Crippen molar-refractivity contribution in [3.63, 3.8) is 0 Å². The van der Waals surface area contributed by atoms with Gasteiger partial charge in [-0.2, -0.15) is 0 Å². The molecule has 0 saturated heterocycles. The Balaban J connectivity index is 2.04. The Kier molecular flexibility index (Phi) is 3.23. The smallest absolute Gasteiger partial charge is 0.309 e. The Morgan fingerprint density at radius 2 is 2.47 bits per heavy atom. The van der Waals surface area contributed by atoms with E-state index in [0.717, 1.165) is 22.1 Å². The minimum absolute atomic E-state index is 0.0576. The van der Waals surface area contributed by atoms with Gasteiger partial charge < -0.3 is 4.74 Å². The van der Waals surface area contributed by atoms with Crippen molar-refractivity contribution in [2.75, 3.05) is 7.11 Å². The first-order valence-corrected chi connectivity index (χ1v) is 6.37. The van der Waals surface area contributed by atoms with Crippen molar-refractivity contribution in [3.05, 3.63) is 29.6 Å². The summed E-state index contributed by atoms with van der Waals surface area (Å²) in [4.78, 5) is 15.6. The molecule has 0 radical (unpaired) electrons. The van der Waals surface area contributed by atoms with Crippen LogP contribution in [0.25, 0.3) is 0 Å². The number of esters is 1. The van der Waals surface area contributed by atoms with Gasteiger partial charge in [0, 0.05) is 10.6 Å². The molecule has 1 aromatic rings. The summed E-state index contributed by atoms with van der Waals surface area (Å²) in [7, 11) is 1.44. The maximum Gasteiger partial charge on any atom is 0.309 e. The van der Waals surface area contributed by atoms with E-state index in [2.05, 4.69) is 33.6 Å². The van der Waals surface area contributed by atoms with Crippen molar-refractivity contribution in [1.82, 2.24) is 4.98 Å². The van der Waals surface area contributed by atoms with Crippen LogP contribution in [-0.2, 0) is 14.0 Å². The Bertz CT molecular complexity index is 363. The summed E-state index contributed by atoms with van der Waals surface area (Å²) in [6, 6.07) is 4.09. The van der Waals surface area contributed by atoms with Crippen LogP contribution in [0, 0.1) is 5.92 Å². The highest BCUT2D eigenvalue weighted by molar-refractivity contribution is 14.1. The molecular formula is C11H12INO2. The van der Waals surface area contributed by atoms with Crippen LogP contribution in [0.15, 0.2) is 18.3 Å². The molecule has 1 fully saturated rings. The quantitative estimate of drug-likeness (QED) is 0.488. The lowest BCUT2D eigenvalue weighted by molar-refractivity contribution is -0.142. The van der Waals surface area contributed by atoms with Gasteiger partial charge in [0.2, 0.25) is 0 Å². The van der Waals surface area contributed by atoms with Crippen LogP contribution in [0.2, 0.25) is 0 Å². The van der Waals surface area contributed by atoms with E-state index < -0.39 is 0 Å². The molecule has 0 aliphatic heterocycles. The number of hydrogen-bond donors (Lipinski definition) is 0. The van der Waals surface area contributed by atoms with Crippen molar-refractivity contribution >= 4 is 28.6 Å². The number of pyridine rings is 1. The number of alkyl halides is 1. The highest BCUT2D eigenvalue weighted by Crippen LogP contribution is 2.47. The first kappa shape index (κ1) is 10.9. The summed E-state index contributed by atoms with van der Waals surface area (Å²) in [5.41, 5.74) is 2.23. The molecule has 2 atom stereocenters. The second-order valence-corrected chi connectivity index (χ2v) is 4.45. The topological polar surface area (TPSA) is 39.2 Å². The lowest BCUT2D eigenvalue weighted by Gasteiger charge is -2.00. The number of carbonyl (C=O) groups is 1. The van der Waals surface area contributed by atoms with Crippen molar-refractivity contribution in [3.8, 4) is 0 Å². The first-order valence-electron chi connectivity index (χ1n) is 4.85. The molecule has 1 aliphatic rings. The van der Waals surface area contributed by atoms with Crippen LogP contribution < -0.4 is 0 Å². The van der Waals surface area contributed by atoms with Gasteiger partial charge >= 0.3 is 5.97 Å². The van der Waals surface area contributed by atoms with Crippen LogP contribution in [0.4, 0.5) is 0 Å². The standard InChI is InChI=1S/C11H12INO2/c1-15-11(14)10-4-9(10)7-2-3-8(5-12)13-6-7/h2-3,6,9-10H,4-5H2,1H3. The molecule has 4 heteroatoms. The Morgan fingerprint density at radius 3 is 3.00 bits per heavy atom. The molecule has 0 spiro atoms. The average molecular weight is 317 g/mol. The number of hydrogen-bond acceptors (Lipinski definition) is 3. The van der Waals surface area contributed by atoms with E-state index in [0.29, 0.717) is 5.92 Å². The fourth-order valence-corrected chi connectivity index (χ4v) is 2.16. The van der Waals surface area contributed by atoms with Gasteiger partial charge in [0.05, 0.1) is 18.7 Å². The summed E-state index contributed by atoms with van der Waals surface area (Å²) >= 11 is 2.28. The van der Waals surface area contributed by atoms with Gasteiger partial charge in [-0.25, -0.2) is 0 Å². The van der Waals surface area contributed by atoms with Gasteiger partial charge in [-0.3, -0.25) is 9.78 Å². The monoisotopic (exact) mass is 317 g/mol. The van der Waals surface area contributed by atoms with Gasteiger partial charge in [-0.05, 0) is 24.0 Å². The van der Waals surface area contributed by atoms with Gasteiger partial charge in [0.15, 0.2) is 0 Å². The summed E-state index contributed by atoms with van der Waals surface area (Å²) in [5.74, 6) is 0.286. The van der Waals surface area contributed by atoms with E-state index in [-0.39, 0.29) is 11.9 Å². The van der Waals surface area contributed by atoms with Crippen LogP contribution in [0.3, 0.4) is 0 Å².